The summed E-state index contributed by atoms with van der Waals surface area (Å²) in [5.41, 5.74) is 0.978. The Bertz CT molecular complexity index is 552. The van der Waals surface area contributed by atoms with Crippen LogP contribution in [0.2, 0.25) is 0 Å². The molecule has 0 aliphatic heterocycles. The Morgan fingerprint density at radius 2 is 1.70 bits per heavy atom. The predicted octanol–water partition coefficient (Wildman–Crippen LogP) is 4.08. The second-order valence-corrected chi connectivity index (χ2v) is 7.10. The predicted molar refractivity (Wildman–Crippen MR) is 75.6 cm³/mol. The molecule has 0 spiro atoms. The fraction of sp³-hybridized carbons (Fsp3) is 0.588. The van der Waals surface area contributed by atoms with Gasteiger partial charge in [0.2, 0.25) is 0 Å². The maximum Gasteiger partial charge on any atom is 0.143 e. The molecular formula is C17H19FN2. The highest BCUT2D eigenvalue weighted by Crippen LogP contribution is 2.56. The van der Waals surface area contributed by atoms with E-state index < -0.39 is 5.82 Å². The molecule has 0 aromatic heterocycles. The van der Waals surface area contributed by atoms with Gasteiger partial charge in [0.1, 0.15) is 17.4 Å². The third-order valence-corrected chi connectivity index (χ3v) is 5.56. The van der Waals surface area contributed by atoms with Crippen molar-refractivity contribution in [1.82, 2.24) is 0 Å². The lowest BCUT2D eigenvalue weighted by atomic mass is 9.53. The lowest BCUT2D eigenvalue weighted by Crippen LogP contribution is -2.54. The van der Waals surface area contributed by atoms with Gasteiger partial charge >= 0.3 is 0 Å². The van der Waals surface area contributed by atoms with Gasteiger partial charge in [0.05, 0.1) is 5.69 Å². The zero-order valence-corrected chi connectivity index (χ0v) is 11.5. The first kappa shape index (κ1) is 12.2. The summed E-state index contributed by atoms with van der Waals surface area (Å²) in [5.74, 6) is 2.11. The first-order valence-electron chi connectivity index (χ1n) is 7.64. The van der Waals surface area contributed by atoms with Crippen LogP contribution >= 0.6 is 0 Å². The molecule has 1 N–H and O–H groups in total. The van der Waals surface area contributed by atoms with Gasteiger partial charge in [0, 0.05) is 5.54 Å². The SMILES string of the molecule is N#Cc1c(F)cccc1NC12CC3CC(CC(C3)C1)C2. The maximum absolute atomic E-state index is 13.7. The minimum Gasteiger partial charge on any atom is -0.378 e. The number of benzene rings is 1. The number of nitrogens with zero attached hydrogens (tertiary/aromatic N) is 1. The standard InChI is InChI=1S/C17H19FN2/c18-15-2-1-3-16(14(15)10-19)20-17-7-11-4-12(8-17)6-13(5-11)9-17/h1-3,11-13,20H,4-9H2. The zero-order valence-electron chi connectivity index (χ0n) is 11.5. The Kier molecular flexibility index (Phi) is 2.57. The van der Waals surface area contributed by atoms with Gasteiger partial charge < -0.3 is 5.32 Å². The molecule has 1 aromatic rings. The van der Waals surface area contributed by atoms with Crippen LogP contribution in [0.15, 0.2) is 18.2 Å². The van der Waals surface area contributed by atoms with Crippen LogP contribution in [0.1, 0.15) is 44.1 Å². The van der Waals surface area contributed by atoms with E-state index in [1.165, 1.54) is 44.6 Å². The summed E-state index contributed by atoms with van der Waals surface area (Å²) in [7, 11) is 0. The Morgan fingerprint density at radius 3 is 2.25 bits per heavy atom. The molecule has 0 amide bonds. The number of hydrogen-bond acceptors (Lipinski definition) is 2. The number of nitrogens with one attached hydrogen (secondary N) is 1. The highest BCUT2D eigenvalue weighted by molar-refractivity contribution is 5.59. The minimum atomic E-state index is -0.415. The average Bonchev–Trinajstić information content (AvgIpc) is 2.36. The summed E-state index contributed by atoms with van der Waals surface area (Å²) in [6, 6.07) is 6.91. The molecule has 2 nitrogen and oxygen atoms in total. The molecular weight excluding hydrogens is 251 g/mol. The molecule has 0 radical (unpaired) electrons. The second-order valence-electron chi connectivity index (χ2n) is 7.10. The lowest BCUT2D eigenvalue weighted by molar-refractivity contribution is 0.0107. The van der Waals surface area contributed by atoms with E-state index in [4.69, 9.17) is 0 Å². The van der Waals surface area contributed by atoms with Crippen molar-refractivity contribution in [2.24, 2.45) is 17.8 Å². The van der Waals surface area contributed by atoms with E-state index in [1.54, 1.807) is 6.07 Å². The molecule has 4 aliphatic rings. The van der Waals surface area contributed by atoms with Gasteiger partial charge in [-0.1, -0.05) is 6.07 Å². The summed E-state index contributed by atoms with van der Waals surface area (Å²) in [6.45, 7) is 0. The Hall–Kier alpha value is -1.56. The molecule has 4 saturated carbocycles. The summed E-state index contributed by atoms with van der Waals surface area (Å²) in [6.07, 6.45) is 7.74. The fourth-order valence-corrected chi connectivity index (χ4v) is 5.29. The van der Waals surface area contributed by atoms with Gasteiger partial charge in [-0.2, -0.15) is 5.26 Å². The molecule has 3 heteroatoms. The molecule has 4 aliphatic carbocycles. The van der Waals surface area contributed by atoms with E-state index in [-0.39, 0.29) is 11.1 Å². The van der Waals surface area contributed by atoms with Crippen molar-refractivity contribution in [3.05, 3.63) is 29.6 Å². The topological polar surface area (TPSA) is 35.8 Å². The summed E-state index contributed by atoms with van der Waals surface area (Å²) in [5, 5.41) is 12.8. The highest BCUT2D eigenvalue weighted by Gasteiger charge is 2.51. The Morgan fingerprint density at radius 1 is 1.10 bits per heavy atom. The van der Waals surface area contributed by atoms with Crippen molar-refractivity contribution < 1.29 is 4.39 Å². The van der Waals surface area contributed by atoms with E-state index in [1.807, 2.05) is 12.1 Å². The number of anilines is 1. The van der Waals surface area contributed by atoms with Crippen LogP contribution < -0.4 is 5.32 Å². The van der Waals surface area contributed by atoms with Crippen LogP contribution in [0.5, 0.6) is 0 Å². The monoisotopic (exact) mass is 270 g/mol. The molecule has 0 heterocycles. The van der Waals surface area contributed by atoms with Crippen molar-refractivity contribution >= 4 is 5.69 Å². The number of halogens is 1. The van der Waals surface area contributed by atoms with Gasteiger partial charge in [-0.25, -0.2) is 4.39 Å². The summed E-state index contributed by atoms with van der Waals surface area (Å²) >= 11 is 0. The number of nitriles is 1. The van der Waals surface area contributed by atoms with E-state index in [0.717, 1.165) is 17.8 Å². The van der Waals surface area contributed by atoms with Crippen molar-refractivity contribution in [3.8, 4) is 6.07 Å². The molecule has 104 valence electrons. The molecule has 4 fully saturated rings. The average molecular weight is 270 g/mol. The molecule has 0 atom stereocenters. The zero-order chi connectivity index (χ0) is 13.7. The molecule has 5 rings (SSSR count). The molecule has 0 saturated heterocycles. The highest BCUT2D eigenvalue weighted by atomic mass is 19.1. The van der Waals surface area contributed by atoms with Crippen molar-refractivity contribution in [1.29, 1.82) is 5.26 Å². The fourth-order valence-electron chi connectivity index (χ4n) is 5.29. The first-order chi connectivity index (χ1) is 9.67. The van der Waals surface area contributed by atoms with E-state index >= 15 is 0 Å². The molecule has 4 bridgehead atoms. The van der Waals surface area contributed by atoms with E-state index in [2.05, 4.69) is 5.32 Å². The lowest BCUT2D eigenvalue weighted by Gasteiger charge is -2.57. The minimum absolute atomic E-state index is 0.119. The first-order valence-corrected chi connectivity index (χ1v) is 7.64. The van der Waals surface area contributed by atoms with Gasteiger partial charge in [-0.15, -0.1) is 0 Å². The third-order valence-electron chi connectivity index (χ3n) is 5.56. The Balaban J connectivity index is 1.67. The van der Waals surface area contributed by atoms with Crippen LogP contribution in [0.25, 0.3) is 0 Å². The van der Waals surface area contributed by atoms with Crippen LogP contribution in [0, 0.1) is 34.9 Å². The van der Waals surface area contributed by atoms with Crippen molar-refractivity contribution in [2.75, 3.05) is 5.32 Å². The normalized spacial score (nSPS) is 37.7. The van der Waals surface area contributed by atoms with Crippen LogP contribution in [0.3, 0.4) is 0 Å². The van der Waals surface area contributed by atoms with Crippen molar-refractivity contribution in [3.63, 3.8) is 0 Å². The number of hydrogen-bond donors (Lipinski definition) is 1. The molecule has 20 heavy (non-hydrogen) atoms. The van der Waals surface area contributed by atoms with Crippen LogP contribution in [-0.4, -0.2) is 5.54 Å². The van der Waals surface area contributed by atoms with E-state index in [9.17, 15) is 9.65 Å². The van der Waals surface area contributed by atoms with Crippen LogP contribution in [-0.2, 0) is 0 Å². The van der Waals surface area contributed by atoms with Gasteiger partial charge in [-0.3, -0.25) is 0 Å². The molecule has 0 unspecified atom stereocenters. The summed E-state index contributed by atoms with van der Waals surface area (Å²) < 4.78 is 13.7. The maximum atomic E-state index is 13.7. The largest absolute Gasteiger partial charge is 0.378 e. The quantitative estimate of drug-likeness (QED) is 0.879. The van der Waals surface area contributed by atoms with Gasteiger partial charge in [-0.05, 0) is 68.4 Å². The Labute approximate surface area is 119 Å². The van der Waals surface area contributed by atoms with Crippen molar-refractivity contribution in [2.45, 2.75) is 44.1 Å². The van der Waals surface area contributed by atoms with E-state index in [0.29, 0.717) is 5.69 Å². The second kappa shape index (κ2) is 4.22. The van der Waals surface area contributed by atoms with Gasteiger partial charge in [0.15, 0.2) is 0 Å². The number of rotatable bonds is 2. The molecule has 1 aromatic carbocycles. The smallest absolute Gasteiger partial charge is 0.143 e. The third kappa shape index (κ3) is 1.82. The van der Waals surface area contributed by atoms with Crippen LogP contribution in [0.4, 0.5) is 10.1 Å². The van der Waals surface area contributed by atoms with Gasteiger partial charge in [0.25, 0.3) is 0 Å². The summed E-state index contributed by atoms with van der Waals surface area (Å²) in [4.78, 5) is 0.